The molecule has 140 valence electrons. The molecular formula is C24H26O3. The van der Waals surface area contributed by atoms with Gasteiger partial charge in [0.25, 0.3) is 0 Å². The molecule has 27 heavy (non-hydrogen) atoms. The van der Waals surface area contributed by atoms with E-state index in [2.05, 4.69) is 6.92 Å². The Morgan fingerprint density at radius 3 is 1.44 bits per heavy atom. The van der Waals surface area contributed by atoms with Crippen LogP contribution in [0, 0.1) is 5.92 Å². The van der Waals surface area contributed by atoms with E-state index < -0.39 is 0 Å². The van der Waals surface area contributed by atoms with Crippen LogP contribution in [0.15, 0.2) is 72.8 Å². The summed E-state index contributed by atoms with van der Waals surface area (Å²) in [5.41, 5.74) is 3.54. The van der Waals surface area contributed by atoms with Gasteiger partial charge in [-0.25, -0.2) is 0 Å². The summed E-state index contributed by atoms with van der Waals surface area (Å²) in [7, 11) is 0. The molecular weight excluding hydrogens is 336 g/mol. The summed E-state index contributed by atoms with van der Waals surface area (Å²) in [6.07, 6.45) is 2.96. The highest BCUT2D eigenvalue weighted by Crippen LogP contribution is 2.37. The molecule has 1 atom stereocenters. The van der Waals surface area contributed by atoms with E-state index in [4.69, 9.17) is 0 Å². The quantitative estimate of drug-likeness (QED) is 0.513. The molecule has 0 spiro atoms. The Balaban J connectivity index is 1.87. The summed E-state index contributed by atoms with van der Waals surface area (Å²) in [5, 5.41) is 28.8. The van der Waals surface area contributed by atoms with Crippen LogP contribution < -0.4 is 0 Å². The number of aromatic hydroxyl groups is 3. The monoisotopic (exact) mass is 362 g/mol. The van der Waals surface area contributed by atoms with Gasteiger partial charge in [0.1, 0.15) is 17.2 Å². The normalized spacial score (nSPS) is 12.2. The highest BCUT2D eigenvalue weighted by molar-refractivity contribution is 5.38. The predicted octanol–water partition coefficient (Wildman–Crippen LogP) is 5.59. The molecule has 3 aromatic carbocycles. The second-order valence-corrected chi connectivity index (χ2v) is 7.03. The van der Waals surface area contributed by atoms with Gasteiger partial charge in [0.05, 0.1) is 0 Å². The summed E-state index contributed by atoms with van der Waals surface area (Å²) in [6, 6.07) is 22.3. The van der Waals surface area contributed by atoms with Crippen molar-refractivity contribution in [3.8, 4) is 17.2 Å². The van der Waals surface area contributed by atoms with Gasteiger partial charge in [-0.05, 0) is 71.8 Å². The first kappa shape index (κ1) is 18.8. The van der Waals surface area contributed by atoms with Crippen molar-refractivity contribution in [3.63, 3.8) is 0 Å². The van der Waals surface area contributed by atoms with E-state index >= 15 is 0 Å². The minimum Gasteiger partial charge on any atom is -0.508 e. The lowest BCUT2D eigenvalue weighted by molar-refractivity contribution is 0.418. The molecule has 0 bridgehead atoms. The maximum absolute atomic E-state index is 9.66. The van der Waals surface area contributed by atoms with Crippen molar-refractivity contribution >= 4 is 0 Å². The minimum atomic E-state index is 0.188. The Morgan fingerprint density at radius 2 is 1.04 bits per heavy atom. The Hall–Kier alpha value is -2.94. The van der Waals surface area contributed by atoms with Gasteiger partial charge in [-0.1, -0.05) is 49.7 Å². The second-order valence-electron chi connectivity index (χ2n) is 7.03. The van der Waals surface area contributed by atoms with Crippen LogP contribution in [0.25, 0.3) is 0 Å². The fourth-order valence-corrected chi connectivity index (χ4v) is 3.72. The van der Waals surface area contributed by atoms with Crippen molar-refractivity contribution in [2.45, 2.75) is 32.1 Å². The lowest BCUT2D eigenvalue weighted by atomic mass is 9.77. The molecule has 0 aliphatic rings. The Kier molecular flexibility index (Phi) is 6.02. The molecule has 0 aliphatic carbocycles. The van der Waals surface area contributed by atoms with Gasteiger partial charge in [-0.3, -0.25) is 0 Å². The highest BCUT2D eigenvalue weighted by Gasteiger charge is 2.24. The van der Waals surface area contributed by atoms with Gasteiger partial charge < -0.3 is 15.3 Å². The van der Waals surface area contributed by atoms with Gasteiger partial charge in [0.15, 0.2) is 0 Å². The van der Waals surface area contributed by atoms with Crippen LogP contribution >= 0.6 is 0 Å². The van der Waals surface area contributed by atoms with Crippen LogP contribution in [0.4, 0.5) is 0 Å². The molecule has 1 unspecified atom stereocenters. The third-order valence-electron chi connectivity index (χ3n) is 5.24. The van der Waals surface area contributed by atoms with Crippen molar-refractivity contribution < 1.29 is 15.3 Å². The molecule has 0 saturated heterocycles. The van der Waals surface area contributed by atoms with Gasteiger partial charge in [0.2, 0.25) is 0 Å². The fourth-order valence-electron chi connectivity index (χ4n) is 3.72. The topological polar surface area (TPSA) is 60.7 Å². The lowest BCUT2D eigenvalue weighted by Crippen LogP contribution is -2.15. The maximum atomic E-state index is 9.66. The zero-order chi connectivity index (χ0) is 19.2. The van der Waals surface area contributed by atoms with Gasteiger partial charge in [-0.2, -0.15) is 0 Å². The van der Waals surface area contributed by atoms with Crippen LogP contribution in [0.5, 0.6) is 17.2 Å². The predicted molar refractivity (Wildman–Crippen MR) is 108 cm³/mol. The van der Waals surface area contributed by atoms with Crippen LogP contribution in [0.2, 0.25) is 0 Å². The van der Waals surface area contributed by atoms with E-state index in [1.54, 1.807) is 36.4 Å². The first-order chi connectivity index (χ1) is 13.1. The molecule has 0 aliphatic heterocycles. The molecule has 0 heterocycles. The van der Waals surface area contributed by atoms with Crippen molar-refractivity contribution in [3.05, 3.63) is 89.5 Å². The minimum absolute atomic E-state index is 0.188. The SMILES string of the molecule is CCC(CCc1ccc(O)cc1)C(c1ccc(O)cc1)c1ccc(O)cc1. The van der Waals surface area contributed by atoms with Gasteiger partial charge in [-0.15, -0.1) is 0 Å². The molecule has 3 heteroatoms. The molecule has 0 saturated carbocycles. The summed E-state index contributed by atoms with van der Waals surface area (Å²) < 4.78 is 0. The number of rotatable bonds is 7. The fraction of sp³-hybridized carbons (Fsp3) is 0.250. The average molecular weight is 362 g/mol. The molecule has 3 aromatic rings. The molecule has 0 fully saturated rings. The van der Waals surface area contributed by atoms with Gasteiger partial charge in [0, 0.05) is 5.92 Å². The third kappa shape index (κ3) is 4.82. The summed E-state index contributed by atoms with van der Waals surface area (Å²) >= 11 is 0. The van der Waals surface area contributed by atoms with E-state index in [1.807, 2.05) is 36.4 Å². The van der Waals surface area contributed by atoms with Crippen molar-refractivity contribution in [1.29, 1.82) is 0 Å². The van der Waals surface area contributed by atoms with Crippen LogP contribution in [0.1, 0.15) is 42.4 Å². The maximum Gasteiger partial charge on any atom is 0.115 e. The number of hydrogen-bond acceptors (Lipinski definition) is 3. The van der Waals surface area contributed by atoms with E-state index in [-0.39, 0.29) is 23.2 Å². The number of aryl methyl sites for hydroxylation is 1. The van der Waals surface area contributed by atoms with Crippen LogP contribution in [-0.4, -0.2) is 15.3 Å². The van der Waals surface area contributed by atoms with E-state index in [0.717, 1.165) is 30.4 Å². The van der Waals surface area contributed by atoms with E-state index in [9.17, 15) is 15.3 Å². The van der Waals surface area contributed by atoms with E-state index in [1.165, 1.54) is 5.56 Å². The first-order valence-electron chi connectivity index (χ1n) is 9.42. The highest BCUT2D eigenvalue weighted by atomic mass is 16.3. The summed E-state index contributed by atoms with van der Waals surface area (Å²) in [6.45, 7) is 2.20. The van der Waals surface area contributed by atoms with Gasteiger partial charge >= 0.3 is 0 Å². The van der Waals surface area contributed by atoms with Crippen molar-refractivity contribution in [1.82, 2.24) is 0 Å². The molecule has 0 amide bonds. The van der Waals surface area contributed by atoms with E-state index in [0.29, 0.717) is 5.92 Å². The first-order valence-corrected chi connectivity index (χ1v) is 9.42. The number of hydrogen-bond donors (Lipinski definition) is 3. The van der Waals surface area contributed by atoms with Crippen molar-refractivity contribution in [2.24, 2.45) is 5.92 Å². The number of benzene rings is 3. The van der Waals surface area contributed by atoms with Crippen LogP contribution in [0.3, 0.4) is 0 Å². The summed E-state index contributed by atoms with van der Waals surface area (Å²) in [4.78, 5) is 0. The zero-order valence-corrected chi connectivity index (χ0v) is 15.5. The molecule has 0 radical (unpaired) electrons. The standard InChI is InChI=1S/C24H26O3/c1-2-18(6-3-17-4-11-21(25)12-5-17)24(19-7-13-22(26)14-8-19)20-9-15-23(27)16-10-20/h4-5,7-16,18,24-27H,2-3,6H2,1H3. The summed E-state index contributed by atoms with van der Waals surface area (Å²) in [5.74, 6) is 1.42. The third-order valence-corrected chi connectivity index (χ3v) is 5.24. The zero-order valence-electron chi connectivity index (χ0n) is 15.5. The molecule has 0 aromatic heterocycles. The largest absolute Gasteiger partial charge is 0.508 e. The van der Waals surface area contributed by atoms with Crippen LogP contribution in [-0.2, 0) is 6.42 Å². The second kappa shape index (κ2) is 8.63. The Bertz CT molecular complexity index is 791. The Morgan fingerprint density at radius 1 is 0.630 bits per heavy atom. The molecule has 3 nitrogen and oxygen atoms in total. The average Bonchev–Trinajstić information content (AvgIpc) is 2.68. The Labute approximate surface area is 160 Å². The molecule has 3 N–H and O–H groups in total. The number of phenols is 3. The van der Waals surface area contributed by atoms with Crippen molar-refractivity contribution in [2.75, 3.05) is 0 Å². The molecule has 3 rings (SSSR count). The smallest absolute Gasteiger partial charge is 0.115 e. The lowest BCUT2D eigenvalue weighted by Gasteiger charge is -2.28. The number of phenolic OH excluding ortho intramolecular Hbond substituents is 3.